The lowest BCUT2D eigenvalue weighted by atomic mass is 9.73. The van der Waals surface area contributed by atoms with Crippen molar-refractivity contribution in [3.05, 3.63) is 0 Å². The molecule has 0 aliphatic heterocycles. The summed E-state index contributed by atoms with van der Waals surface area (Å²) in [6.45, 7) is 0. The first kappa shape index (κ1) is 11.3. The van der Waals surface area contributed by atoms with Crippen molar-refractivity contribution in [3.8, 4) is 0 Å². The van der Waals surface area contributed by atoms with Crippen molar-refractivity contribution in [2.24, 2.45) is 11.7 Å². The summed E-state index contributed by atoms with van der Waals surface area (Å²) < 4.78 is 0. The van der Waals surface area contributed by atoms with Crippen molar-refractivity contribution < 1.29 is 14.7 Å². The third-order valence-electron chi connectivity index (χ3n) is 3.16. The third kappa shape index (κ3) is 2.01. The molecule has 0 aromatic heterocycles. The van der Waals surface area contributed by atoms with Gasteiger partial charge in [-0.3, -0.25) is 0 Å². The van der Waals surface area contributed by atoms with Gasteiger partial charge in [0.25, 0.3) is 0 Å². The summed E-state index contributed by atoms with van der Waals surface area (Å²) in [5.41, 5.74) is 4.40. The molecule has 0 spiro atoms. The predicted molar refractivity (Wildman–Crippen MR) is 51.6 cm³/mol. The van der Waals surface area contributed by atoms with E-state index >= 15 is 0 Å². The second-order valence-electron chi connectivity index (χ2n) is 4.03. The molecule has 1 saturated carbocycles. The maximum Gasteiger partial charge on any atom is 0.150 e. The van der Waals surface area contributed by atoms with E-state index in [4.69, 9.17) is 5.73 Å². The van der Waals surface area contributed by atoms with Crippen LogP contribution in [0.5, 0.6) is 0 Å². The molecule has 80 valence electrons. The van der Waals surface area contributed by atoms with Gasteiger partial charge in [0, 0.05) is 0 Å². The minimum atomic E-state index is -1.37. The Morgan fingerprint density at radius 2 is 1.86 bits per heavy atom. The summed E-state index contributed by atoms with van der Waals surface area (Å²) in [4.78, 5) is 21.3. The molecule has 4 heteroatoms. The molecule has 3 N–H and O–H groups in total. The Bertz CT molecular complexity index is 213. The van der Waals surface area contributed by atoms with E-state index in [1.807, 2.05) is 0 Å². The lowest BCUT2D eigenvalue weighted by molar-refractivity contribution is -0.128. The lowest BCUT2D eigenvalue weighted by Gasteiger charge is -2.36. The third-order valence-corrected chi connectivity index (χ3v) is 3.16. The van der Waals surface area contributed by atoms with Gasteiger partial charge in [0.2, 0.25) is 0 Å². The number of hydrogen-bond acceptors (Lipinski definition) is 4. The number of aldehydes is 2. The fraction of sp³-hybridized carbons (Fsp3) is 0.800. The van der Waals surface area contributed by atoms with E-state index < -0.39 is 11.6 Å². The Morgan fingerprint density at radius 1 is 1.29 bits per heavy atom. The summed E-state index contributed by atoms with van der Waals surface area (Å²) >= 11 is 0. The number of carbonyl (C=O) groups excluding carboxylic acids is 2. The largest absolute Gasteiger partial charge is 0.383 e. The highest BCUT2D eigenvalue weighted by Crippen LogP contribution is 2.31. The van der Waals surface area contributed by atoms with Crippen LogP contribution in [0.4, 0.5) is 0 Å². The van der Waals surface area contributed by atoms with Gasteiger partial charge in [0.15, 0.2) is 6.29 Å². The quantitative estimate of drug-likeness (QED) is 0.626. The second-order valence-corrected chi connectivity index (χ2v) is 4.03. The van der Waals surface area contributed by atoms with Crippen LogP contribution in [-0.4, -0.2) is 29.3 Å². The van der Waals surface area contributed by atoms with E-state index in [-0.39, 0.29) is 5.92 Å². The molecular weight excluding hydrogens is 182 g/mol. The lowest BCUT2D eigenvalue weighted by Crippen LogP contribution is -2.59. The van der Waals surface area contributed by atoms with Gasteiger partial charge in [-0.15, -0.1) is 0 Å². The van der Waals surface area contributed by atoms with Crippen molar-refractivity contribution in [2.75, 3.05) is 0 Å². The first-order valence-corrected chi connectivity index (χ1v) is 5.03. The summed E-state index contributed by atoms with van der Waals surface area (Å²) in [7, 11) is 0. The highest BCUT2D eigenvalue weighted by Gasteiger charge is 2.41. The maximum atomic E-state index is 10.9. The fourth-order valence-electron chi connectivity index (χ4n) is 2.13. The first-order valence-electron chi connectivity index (χ1n) is 5.03. The molecule has 0 radical (unpaired) electrons. The molecule has 1 aliphatic rings. The van der Waals surface area contributed by atoms with Gasteiger partial charge in [0.1, 0.15) is 17.9 Å². The maximum absolute atomic E-state index is 10.9. The van der Waals surface area contributed by atoms with Crippen molar-refractivity contribution in [1.29, 1.82) is 0 Å². The molecular formula is C10H17NO3. The highest BCUT2D eigenvalue weighted by atomic mass is 16.3. The van der Waals surface area contributed by atoms with Crippen LogP contribution in [0.25, 0.3) is 0 Å². The SMILES string of the molecule is NC(C=O)(C(O)C=O)C1CCCCC1. The normalized spacial score (nSPS) is 25.0. The van der Waals surface area contributed by atoms with Crippen LogP contribution in [0.1, 0.15) is 32.1 Å². The average molecular weight is 199 g/mol. The Balaban J connectivity index is 2.75. The minimum Gasteiger partial charge on any atom is -0.383 e. The Kier molecular flexibility index (Phi) is 3.77. The number of carbonyl (C=O) groups is 2. The fourth-order valence-corrected chi connectivity index (χ4v) is 2.13. The standard InChI is InChI=1S/C10H17NO3/c11-10(7-13,9(14)6-12)8-4-2-1-3-5-8/h6-9,14H,1-5,11H2. The smallest absolute Gasteiger partial charge is 0.150 e. The van der Waals surface area contributed by atoms with Gasteiger partial charge in [-0.2, -0.15) is 0 Å². The number of hydrogen-bond donors (Lipinski definition) is 2. The first-order chi connectivity index (χ1) is 6.65. The molecule has 4 nitrogen and oxygen atoms in total. The Hall–Kier alpha value is -0.740. The van der Waals surface area contributed by atoms with E-state index in [0.717, 1.165) is 32.1 Å². The molecule has 0 heterocycles. The van der Waals surface area contributed by atoms with Gasteiger partial charge >= 0.3 is 0 Å². The molecule has 14 heavy (non-hydrogen) atoms. The zero-order valence-corrected chi connectivity index (χ0v) is 8.19. The predicted octanol–water partition coefficient (Wildman–Crippen LogP) is 0.0229. The zero-order valence-electron chi connectivity index (χ0n) is 8.19. The zero-order chi connectivity index (χ0) is 10.6. The Morgan fingerprint density at radius 3 is 2.29 bits per heavy atom. The minimum absolute atomic E-state index is 0.0612. The van der Waals surface area contributed by atoms with Crippen LogP contribution in [0, 0.1) is 5.92 Å². The van der Waals surface area contributed by atoms with Crippen LogP contribution in [0.3, 0.4) is 0 Å². The molecule has 0 amide bonds. The van der Waals surface area contributed by atoms with E-state index in [1.54, 1.807) is 0 Å². The second kappa shape index (κ2) is 4.66. The van der Waals surface area contributed by atoms with Crippen molar-refractivity contribution in [3.63, 3.8) is 0 Å². The van der Waals surface area contributed by atoms with E-state index in [9.17, 15) is 14.7 Å². The molecule has 0 saturated heterocycles. The highest BCUT2D eigenvalue weighted by molar-refractivity contribution is 5.74. The molecule has 1 aliphatic carbocycles. The summed E-state index contributed by atoms with van der Waals surface area (Å²) in [6.07, 6.45) is 4.32. The van der Waals surface area contributed by atoms with E-state index in [0.29, 0.717) is 12.6 Å². The van der Waals surface area contributed by atoms with E-state index in [1.165, 1.54) is 0 Å². The molecule has 1 fully saturated rings. The number of rotatable bonds is 4. The molecule has 0 aromatic rings. The van der Waals surface area contributed by atoms with Crippen molar-refractivity contribution >= 4 is 12.6 Å². The topological polar surface area (TPSA) is 80.4 Å². The van der Waals surface area contributed by atoms with Crippen molar-refractivity contribution in [1.82, 2.24) is 0 Å². The van der Waals surface area contributed by atoms with Gasteiger partial charge < -0.3 is 20.4 Å². The molecule has 2 unspecified atom stereocenters. The number of nitrogens with two attached hydrogens (primary N) is 1. The Labute approximate surface area is 83.5 Å². The number of aliphatic hydroxyl groups excluding tert-OH is 1. The van der Waals surface area contributed by atoms with Crippen molar-refractivity contribution in [2.45, 2.75) is 43.7 Å². The summed E-state index contributed by atoms with van der Waals surface area (Å²) in [5.74, 6) is -0.0612. The van der Waals surface area contributed by atoms with Crippen LogP contribution >= 0.6 is 0 Å². The van der Waals surface area contributed by atoms with E-state index in [2.05, 4.69) is 0 Å². The summed E-state index contributed by atoms with van der Waals surface area (Å²) in [6, 6.07) is 0. The molecule has 0 bridgehead atoms. The van der Waals surface area contributed by atoms with Gasteiger partial charge in [-0.1, -0.05) is 19.3 Å². The van der Waals surface area contributed by atoms with Crippen LogP contribution in [-0.2, 0) is 9.59 Å². The van der Waals surface area contributed by atoms with Crippen LogP contribution in [0.2, 0.25) is 0 Å². The number of aliphatic hydroxyl groups is 1. The van der Waals surface area contributed by atoms with Gasteiger partial charge in [-0.05, 0) is 18.8 Å². The molecule has 2 atom stereocenters. The summed E-state index contributed by atoms with van der Waals surface area (Å²) in [5, 5.41) is 9.40. The van der Waals surface area contributed by atoms with Gasteiger partial charge in [-0.25, -0.2) is 0 Å². The molecule has 1 rings (SSSR count). The average Bonchev–Trinajstić information content (AvgIpc) is 2.28. The van der Waals surface area contributed by atoms with Crippen LogP contribution in [0.15, 0.2) is 0 Å². The monoisotopic (exact) mass is 199 g/mol. The van der Waals surface area contributed by atoms with Gasteiger partial charge in [0.05, 0.1) is 0 Å². The van der Waals surface area contributed by atoms with Crippen LogP contribution < -0.4 is 5.73 Å². The molecule has 0 aromatic carbocycles.